The molecule has 21 heavy (non-hydrogen) atoms. The van der Waals surface area contributed by atoms with Gasteiger partial charge in [-0.15, -0.1) is 12.4 Å². The number of fused-ring (bicyclic) bond motifs is 1. The summed E-state index contributed by atoms with van der Waals surface area (Å²) in [5, 5.41) is 6.49. The van der Waals surface area contributed by atoms with E-state index < -0.39 is 0 Å². The van der Waals surface area contributed by atoms with Crippen LogP contribution in [-0.2, 0) is 4.79 Å². The number of carbonyl (C=O) groups is 1. The molecule has 2 atom stereocenters. The van der Waals surface area contributed by atoms with Gasteiger partial charge < -0.3 is 15.5 Å². The van der Waals surface area contributed by atoms with E-state index in [2.05, 4.69) is 27.6 Å². The van der Waals surface area contributed by atoms with Crippen LogP contribution < -0.4 is 10.6 Å². The van der Waals surface area contributed by atoms with Crippen molar-refractivity contribution in [2.75, 3.05) is 32.0 Å². The fraction of sp³-hybridized carbons (Fsp3) is 0.600. The molecule has 1 aromatic heterocycles. The molecule has 3 heterocycles. The third-order valence-corrected chi connectivity index (χ3v) is 4.79. The topological polar surface area (TPSA) is 57.3 Å². The first kappa shape index (κ1) is 16.2. The van der Waals surface area contributed by atoms with E-state index in [0.717, 1.165) is 44.6 Å². The SMILES string of the molecule is CN1CC[C@@]2(C(=O)Nc3cccnc3)CCNCC[C@@H]12.Cl. The molecule has 0 bridgehead atoms. The number of nitrogens with zero attached hydrogens (tertiary/aromatic N) is 2. The molecular formula is C15H23ClN4O. The number of hydrogen-bond donors (Lipinski definition) is 2. The molecule has 0 saturated carbocycles. The summed E-state index contributed by atoms with van der Waals surface area (Å²) in [6, 6.07) is 4.08. The van der Waals surface area contributed by atoms with Crippen LogP contribution in [0.5, 0.6) is 0 Å². The third-order valence-electron chi connectivity index (χ3n) is 4.79. The average Bonchev–Trinajstić information content (AvgIpc) is 2.66. The van der Waals surface area contributed by atoms with Gasteiger partial charge >= 0.3 is 0 Å². The summed E-state index contributed by atoms with van der Waals surface area (Å²) in [7, 11) is 2.13. The molecule has 116 valence electrons. The number of pyridine rings is 1. The van der Waals surface area contributed by atoms with Crippen molar-refractivity contribution in [3.63, 3.8) is 0 Å². The van der Waals surface area contributed by atoms with E-state index in [-0.39, 0.29) is 23.7 Å². The summed E-state index contributed by atoms with van der Waals surface area (Å²) in [4.78, 5) is 19.3. The molecule has 0 aromatic carbocycles. The van der Waals surface area contributed by atoms with Gasteiger partial charge in [0.05, 0.1) is 17.3 Å². The van der Waals surface area contributed by atoms with Gasteiger partial charge in [0, 0.05) is 12.2 Å². The van der Waals surface area contributed by atoms with E-state index in [1.54, 1.807) is 12.4 Å². The Balaban J connectivity index is 0.00000161. The fourth-order valence-corrected chi connectivity index (χ4v) is 3.65. The van der Waals surface area contributed by atoms with Crippen molar-refractivity contribution < 1.29 is 4.79 Å². The van der Waals surface area contributed by atoms with E-state index in [1.807, 2.05) is 12.1 Å². The van der Waals surface area contributed by atoms with Crippen molar-refractivity contribution in [1.29, 1.82) is 0 Å². The van der Waals surface area contributed by atoms with Crippen LogP contribution in [0, 0.1) is 5.41 Å². The summed E-state index contributed by atoms with van der Waals surface area (Å²) in [5.41, 5.74) is 0.533. The van der Waals surface area contributed by atoms with Crippen LogP contribution in [0.4, 0.5) is 5.69 Å². The highest BCUT2D eigenvalue weighted by atomic mass is 35.5. The first-order chi connectivity index (χ1) is 9.72. The van der Waals surface area contributed by atoms with E-state index >= 15 is 0 Å². The smallest absolute Gasteiger partial charge is 0.232 e. The van der Waals surface area contributed by atoms with Crippen LogP contribution in [0.1, 0.15) is 19.3 Å². The highest BCUT2D eigenvalue weighted by Crippen LogP contribution is 2.42. The van der Waals surface area contributed by atoms with Gasteiger partial charge in [0.15, 0.2) is 0 Å². The Morgan fingerprint density at radius 1 is 1.48 bits per heavy atom. The number of anilines is 1. The maximum Gasteiger partial charge on any atom is 0.232 e. The number of halogens is 1. The molecule has 2 N–H and O–H groups in total. The second-order valence-corrected chi connectivity index (χ2v) is 5.89. The van der Waals surface area contributed by atoms with Gasteiger partial charge in [0.2, 0.25) is 5.91 Å². The van der Waals surface area contributed by atoms with Crippen molar-refractivity contribution in [2.45, 2.75) is 25.3 Å². The van der Waals surface area contributed by atoms with E-state index in [4.69, 9.17) is 0 Å². The Hall–Kier alpha value is -1.17. The quantitative estimate of drug-likeness (QED) is 0.869. The van der Waals surface area contributed by atoms with Crippen LogP contribution in [0.2, 0.25) is 0 Å². The first-order valence-electron chi connectivity index (χ1n) is 7.35. The molecule has 5 nitrogen and oxygen atoms in total. The zero-order valence-corrected chi connectivity index (χ0v) is 13.2. The average molecular weight is 311 g/mol. The fourth-order valence-electron chi connectivity index (χ4n) is 3.65. The highest BCUT2D eigenvalue weighted by molar-refractivity contribution is 5.96. The number of amides is 1. The second kappa shape index (κ2) is 6.73. The molecule has 0 spiro atoms. The number of carbonyl (C=O) groups excluding carboxylic acids is 1. The van der Waals surface area contributed by atoms with Gasteiger partial charge in [-0.25, -0.2) is 0 Å². The predicted molar refractivity (Wildman–Crippen MR) is 85.7 cm³/mol. The van der Waals surface area contributed by atoms with Gasteiger partial charge in [0.25, 0.3) is 0 Å². The summed E-state index contributed by atoms with van der Waals surface area (Å²) in [5.74, 6) is 0.156. The molecule has 1 aromatic rings. The molecule has 6 heteroatoms. The molecule has 0 aliphatic carbocycles. The predicted octanol–water partition coefficient (Wildman–Crippen LogP) is 1.52. The summed E-state index contributed by atoms with van der Waals surface area (Å²) in [6.45, 7) is 2.92. The zero-order chi connectivity index (χ0) is 14.0. The third kappa shape index (κ3) is 3.05. The molecule has 3 rings (SSSR count). The van der Waals surface area contributed by atoms with Crippen molar-refractivity contribution in [2.24, 2.45) is 5.41 Å². The van der Waals surface area contributed by atoms with Gasteiger partial charge in [-0.3, -0.25) is 9.78 Å². The van der Waals surface area contributed by atoms with Crippen molar-refractivity contribution in [3.05, 3.63) is 24.5 Å². The monoisotopic (exact) mass is 310 g/mol. The lowest BCUT2D eigenvalue weighted by atomic mass is 9.75. The Bertz CT molecular complexity index is 484. The van der Waals surface area contributed by atoms with Crippen LogP contribution in [0.25, 0.3) is 0 Å². The first-order valence-corrected chi connectivity index (χ1v) is 7.35. The Kier molecular flexibility index (Phi) is 5.19. The van der Waals surface area contributed by atoms with Gasteiger partial charge in [-0.2, -0.15) is 0 Å². The number of likely N-dealkylation sites (tertiary alicyclic amines) is 1. The van der Waals surface area contributed by atoms with Gasteiger partial charge in [-0.1, -0.05) is 0 Å². The number of hydrogen-bond acceptors (Lipinski definition) is 4. The Labute approximate surface area is 131 Å². The van der Waals surface area contributed by atoms with E-state index in [0.29, 0.717) is 6.04 Å². The molecule has 0 radical (unpaired) electrons. The number of nitrogens with one attached hydrogen (secondary N) is 2. The summed E-state index contributed by atoms with van der Waals surface area (Å²) >= 11 is 0. The Morgan fingerprint density at radius 3 is 3.10 bits per heavy atom. The largest absolute Gasteiger partial charge is 0.324 e. The van der Waals surface area contributed by atoms with Gasteiger partial charge in [0.1, 0.15) is 0 Å². The maximum absolute atomic E-state index is 12.9. The number of aromatic nitrogens is 1. The lowest BCUT2D eigenvalue weighted by Crippen LogP contribution is -2.46. The zero-order valence-electron chi connectivity index (χ0n) is 12.3. The van der Waals surface area contributed by atoms with Crippen molar-refractivity contribution >= 4 is 24.0 Å². The molecule has 2 saturated heterocycles. The number of rotatable bonds is 2. The highest BCUT2D eigenvalue weighted by Gasteiger charge is 2.51. The molecule has 2 aliphatic heterocycles. The van der Waals surface area contributed by atoms with Crippen LogP contribution in [-0.4, -0.2) is 48.5 Å². The molecule has 2 aliphatic rings. The molecule has 1 amide bonds. The summed E-state index contributed by atoms with van der Waals surface area (Å²) < 4.78 is 0. The minimum Gasteiger partial charge on any atom is -0.324 e. The molecule has 0 unspecified atom stereocenters. The maximum atomic E-state index is 12.9. The van der Waals surface area contributed by atoms with E-state index in [1.165, 1.54) is 0 Å². The van der Waals surface area contributed by atoms with Crippen LogP contribution >= 0.6 is 12.4 Å². The summed E-state index contributed by atoms with van der Waals surface area (Å²) in [6.07, 6.45) is 6.32. The van der Waals surface area contributed by atoms with E-state index in [9.17, 15) is 4.79 Å². The lowest BCUT2D eigenvalue weighted by molar-refractivity contribution is -0.127. The van der Waals surface area contributed by atoms with Crippen molar-refractivity contribution in [3.8, 4) is 0 Å². The minimum absolute atomic E-state index is 0. The second-order valence-electron chi connectivity index (χ2n) is 5.89. The standard InChI is InChI=1S/C15H22N4O.ClH/c1-19-10-6-15(5-9-16-8-4-13(15)19)14(20)18-12-3-2-7-17-11-12;/h2-3,7,11,13,16H,4-6,8-10H2,1H3,(H,18,20);1H/t13-,15+;/m1./s1. The minimum atomic E-state index is -0.256. The molecular weight excluding hydrogens is 288 g/mol. The normalized spacial score (nSPS) is 29.1. The Morgan fingerprint density at radius 2 is 2.33 bits per heavy atom. The van der Waals surface area contributed by atoms with Gasteiger partial charge in [-0.05, 0) is 58.1 Å². The lowest BCUT2D eigenvalue weighted by Gasteiger charge is -2.34. The molecule has 2 fully saturated rings. The van der Waals surface area contributed by atoms with Crippen molar-refractivity contribution in [1.82, 2.24) is 15.2 Å². The van der Waals surface area contributed by atoms with Crippen LogP contribution in [0.15, 0.2) is 24.5 Å². The van der Waals surface area contributed by atoms with Crippen LogP contribution in [0.3, 0.4) is 0 Å².